The van der Waals surface area contributed by atoms with Gasteiger partial charge >= 0.3 is 12.4 Å². The third kappa shape index (κ3) is 6.92. The number of imidazole rings is 1. The second-order valence-corrected chi connectivity index (χ2v) is 12.0. The van der Waals surface area contributed by atoms with Crippen molar-refractivity contribution in [2.45, 2.75) is 45.7 Å². The molecule has 44 heavy (non-hydrogen) atoms. The van der Waals surface area contributed by atoms with E-state index in [0.29, 0.717) is 41.5 Å². The minimum absolute atomic E-state index is 0.0153. The highest BCUT2D eigenvalue weighted by Gasteiger charge is 2.38. The highest BCUT2D eigenvalue weighted by molar-refractivity contribution is 7.85. The number of rotatable bonds is 9. The van der Waals surface area contributed by atoms with Gasteiger partial charge in [-0.3, -0.25) is 4.55 Å². The van der Waals surface area contributed by atoms with Crippen LogP contribution in [0.2, 0.25) is 5.02 Å². The van der Waals surface area contributed by atoms with Gasteiger partial charge in [-0.25, -0.2) is 9.13 Å². The Morgan fingerprint density at radius 2 is 1.68 bits per heavy atom. The third-order valence-corrected chi connectivity index (χ3v) is 8.33. The summed E-state index contributed by atoms with van der Waals surface area (Å²) in [6.07, 6.45) is -0.900. The van der Waals surface area contributed by atoms with Crippen molar-refractivity contribution in [3.05, 3.63) is 82.4 Å². The number of alkyl halides is 6. The molecule has 0 spiro atoms. The van der Waals surface area contributed by atoms with E-state index in [1.165, 1.54) is 17.0 Å². The van der Waals surface area contributed by atoms with Crippen LogP contribution < -0.4 is 14.4 Å². The molecule has 0 atom stereocenters. The van der Waals surface area contributed by atoms with E-state index >= 15 is 0 Å². The van der Waals surface area contributed by atoms with Gasteiger partial charge in [-0.2, -0.15) is 34.8 Å². The fourth-order valence-corrected chi connectivity index (χ4v) is 6.01. The highest BCUT2D eigenvalue weighted by atomic mass is 35.5. The summed E-state index contributed by atoms with van der Waals surface area (Å²) in [6, 6.07) is 5.73. The van der Waals surface area contributed by atoms with Crippen molar-refractivity contribution < 1.29 is 43.9 Å². The van der Waals surface area contributed by atoms with Crippen LogP contribution in [0.25, 0.3) is 17.1 Å². The molecule has 0 radical (unpaired) electrons. The Bertz CT molecular complexity index is 1760. The van der Waals surface area contributed by atoms with Crippen LogP contribution in [0.1, 0.15) is 37.2 Å². The molecule has 3 aromatic rings. The maximum absolute atomic E-state index is 13.6. The van der Waals surface area contributed by atoms with Crippen LogP contribution >= 0.6 is 11.6 Å². The maximum Gasteiger partial charge on any atom is 0.417 e. The van der Waals surface area contributed by atoms with Gasteiger partial charge in [0.05, 0.1) is 46.4 Å². The number of aryl methyl sites for hydroxylation is 2. The lowest BCUT2D eigenvalue weighted by molar-refractivity contribution is -0.670. The largest absolute Gasteiger partial charge is 0.417 e. The number of anilines is 2. The number of hydrogen-bond acceptors (Lipinski definition) is 4. The van der Waals surface area contributed by atoms with Gasteiger partial charge in [0.25, 0.3) is 15.9 Å². The molecule has 0 bridgehead atoms. The monoisotopic (exact) mass is 663 g/mol. The van der Waals surface area contributed by atoms with Gasteiger partial charge in [0, 0.05) is 25.7 Å². The lowest BCUT2D eigenvalue weighted by atomic mass is 10.1. The SMILES string of the molecule is CCn1c(/C=C/C=C/C=C2\N(C)c3cc(Cl)c(C(F)(F)F)cc3N2CCCS(=O)(=O)O)[n+](CC)c2ccc(C(F)(F)F)cc21. The molecule has 2 aromatic carbocycles. The normalized spacial score (nSPS) is 15.6. The second-order valence-electron chi connectivity index (χ2n) is 9.99. The summed E-state index contributed by atoms with van der Waals surface area (Å²) in [5.41, 5.74) is -0.143. The number of benzene rings is 2. The first-order valence-electron chi connectivity index (χ1n) is 13.5. The Hall–Kier alpha value is -3.49. The Labute approximate surface area is 255 Å². The van der Waals surface area contributed by atoms with E-state index in [1.54, 1.807) is 46.9 Å². The number of aromatic nitrogens is 2. The van der Waals surface area contributed by atoms with Gasteiger partial charge in [0.2, 0.25) is 0 Å². The minimum atomic E-state index is -4.72. The number of hydrogen-bond donors (Lipinski definition) is 1. The fraction of sp³-hybridized carbons (Fsp3) is 0.345. The van der Waals surface area contributed by atoms with Crippen LogP contribution in [-0.4, -0.2) is 36.9 Å². The summed E-state index contributed by atoms with van der Waals surface area (Å²) in [7, 11) is -2.66. The summed E-state index contributed by atoms with van der Waals surface area (Å²) >= 11 is 5.95. The summed E-state index contributed by atoms with van der Waals surface area (Å²) in [5.74, 6) is 0.524. The van der Waals surface area contributed by atoms with Gasteiger partial charge in [0.1, 0.15) is 5.82 Å². The Morgan fingerprint density at radius 1 is 0.977 bits per heavy atom. The van der Waals surface area contributed by atoms with Crippen LogP contribution in [0.3, 0.4) is 0 Å². The Morgan fingerprint density at radius 3 is 2.27 bits per heavy atom. The van der Waals surface area contributed by atoms with Crippen molar-refractivity contribution in [1.82, 2.24) is 4.57 Å². The Kier molecular flexibility index (Phi) is 9.48. The van der Waals surface area contributed by atoms with Crippen LogP contribution in [0.4, 0.5) is 37.7 Å². The Balaban J connectivity index is 1.68. The molecule has 2 heterocycles. The molecule has 0 aliphatic carbocycles. The van der Waals surface area contributed by atoms with Gasteiger partial charge < -0.3 is 9.80 Å². The van der Waals surface area contributed by atoms with Crippen LogP contribution in [0, 0.1) is 0 Å². The molecule has 1 aliphatic rings. The molecular weight excluding hydrogens is 634 g/mol. The number of nitrogens with zero attached hydrogens (tertiary/aromatic N) is 4. The average Bonchev–Trinajstić information content (AvgIpc) is 3.36. The lowest BCUT2D eigenvalue weighted by Gasteiger charge is -2.22. The van der Waals surface area contributed by atoms with Crippen molar-refractivity contribution >= 4 is 50.2 Å². The van der Waals surface area contributed by atoms with E-state index in [0.717, 1.165) is 18.2 Å². The number of halogens is 7. The van der Waals surface area contributed by atoms with Gasteiger partial charge in [-0.1, -0.05) is 29.8 Å². The molecular formula is C29H30ClF6N4O3S+. The summed E-state index contributed by atoms with van der Waals surface area (Å²) in [6.45, 7) is 4.63. The van der Waals surface area contributed by atoms with E-state index in [2.05, 4.69) is 0 Å². The molecule has 15 heteroatoms. The molecule has 238 valence electrons. The quantitative estimate of drug-likeness (QED) is 0.113. The van der Waals surface area contributed by atoms with Crippen molar-refractivity contribution in [2.24, 2.45) is 0 Å². The predicted molar refractivity (Wildman–Crippen MR) is 158 cm³/mol. The summed E-state index contributed by atoms with van der Waals surface area (Å²) < 4.78 is 116. The van der Waals surface area contributed by atoms with Crippen molar-refractivity contribution in [1.29, 1.82) is 0 Å². The van der Waals surface area contributed by atoms with E-state index in [9.17, 15) is 34.8 Å². The lowest BCUT2D eigenvalue weighted by Crippen LogP contribution is -2.35. The van der Waals surface area contributed by atoms with Crippen LogP contribution in [0.15, 0.2) is 60.5 Å². The summed E-state index contributed by atoms with van der Waals surface area (Å²) in [4.78, 5) is 3.12. The average molecular weight is 664 g/mol. The molecule has 1 aromatic heterocycles. The van der Waals surface area contributed by atoms with E-state index in [1.807, 2.05) is 18.4 Å². The van der Waals surface area contributed by atoms with E-state index in [4.69, 9.17) is 16.2 Å². The van der Waals surface area contributed by atoms with Gasteiger partial charge in [-0.15, -0.1) is 0 Å². The standard InChI is InChI=1S/C29H29ClF6N4O3S/c1-4-38-22-13-12-19(28(31,32)33)16-24(22)39(5-2)27(38)11-8-6-7-10-26-37(3)23-18-21(30)20(29(34,35)36)17-25(23)40(26)14-9-15-44(41,42)43/h6-8,10-13,16-18H,4-5,9,14-15H2,1-3H3/p+1. The van der Waals surface area contributed by atoms with Crippen molar-refractivity contribution in [2.75, 3.05) is 29.1 Å². The molecule has 4 rings (SSSR count). The number of allylic oxidation sites excluding steroid dienone is 4. The van der Waals surface area contributed by atoms with Gasteiger partial charge in [-0.05, 0) is 50.6 Å². The first kappa shape index (κ1) is 33.4. The molecule has 1 aliphatic heterocycles. The molecule has 0 saturated carbocycles. The molecule has 0 unspecified atom stereocenters. The zero-order valence-corrected chi connectivity index (χ0v) is 25.5. The molecule has 0 saturated heterocycles. The van der Waals surface area contributed by atoms with Crippen LogP contribution in [0.5, 0.6) is 0 Å². The molecule has 0 amide bonds. The minimum Gasteiger partial charge on any atom is -0.329 e. The first-order chi connectivity index (χ1) is 20.5. The number of fused-ring (bicyclic) bond motifs is 2. The van der Waals surface area contributed by atoms with E-state index in [-0.39, 0.29) is 18.7 Å². The van der Waals surface area contributed by atoms with Crippen molar-refractivity contribution in [3.63, 3.8) is 0 Å². The maximum atomic E-state index is 13.6. The zero-order valence-electron chi connectivity index (χ0n) is 23.9. The molecule has 0 fully saturated rings. The molecule has 1 N–H and O–H groups in total. The topological polar surface area (TPSA) is 69.7 Å². The fourth-order valence-electron chi connectivity index (χ4n) is 5.25. The second kappa shape index (κ2) is 12.5. The first-order valence-corrected chi connectivity index (χ1v) is 15.5. The summed E-state index contributed by atoms with van der Waals surface area (Å²) in [5, 5.41) is -0.487. The third-order valence-electron chi connectivity index (χ3n) is 7.21. The smallest absolute Gasteiger partial charge is 0.329 e. The zero-order chi connectivity index (χ0) is 32.6. The van der Waals surface area contributed by atoms with E-state index < -0.39 is 44.4 Å². The van der Waals surface area contributed by atoms with Crippen molar-refractivity contribution in [3.8, 4) is 0 Å². The molecule has 7 nitrogen and oxygen atoms in total. The van der Waals surface area contributed by atoms with Crippen LogP contribution in [-0.2, 0) is 35.6 Å². The predicted octanol–water partition coefficient (Wildman–Crippen LogP) is 7.30. The highest BCUT2D eigenvalue weighted by Crippen LogP contribution is 2.47. The van der Waals surface area contributed by atoms with Gasteiger partial charge in [0.15, 0.2) is 11.0 Å².